The Bertz CT molecular complexity index is 2070. The largest absolute Gasteiger partial charge is 0.497 e. The fraction of sp³-hybridized carbons (Fsp3) is 0.243. The van der Waals surface area contributed by atoms with Crippen molar-refractivity contribution in [3.05, 3.63) is 125 Å². The molecule has 49 heavy (non-hydrogen) atoms. The van der Waals surface area contributed by atoms with E-state index < -0.39 is 21.8 Å². The molecule has 1 aliphatic rings. The Morgan fingerprint density at radius 2 is 1.57 bits per heavy atom. The van der Waals surface area contributed by atoms with Gasteiger partial charge in [-0.25, -0.2) is 22.7 Å². The molecule has 0 aliphatic heterocycles. The number of halogens is 3. The first-order chi connectivity index (χ1) is 23.4. The first kappa shape index (κ1) is 33.8. The summed E-state index contributed by atoms with van der Waals surface area (Å²) in [6.45, 7) is -0.110. The number of nitrogens with zero attached hydrogens (tertiary/aromatic N) is 4. The number of benzene rings is 4. The van der Waals surface area contributed by atoms with Gasteiger partial charge in [-0.15, -0.1) is 0 Å². The normalized spacial score (nSPS) is 14.3. The van der Waals surface area contributed by atoms with Gasteiger partial charge in [-0.2, -0.15) is 13.2 Å². The fourth-order valence-electron chi connectivity index (χ4n) is 6.25. The summed E-state index contributed by atoms with van der Waals surface area (Å²) < 4.78 is 82.2. The van der Waals surface area contributed by atoms with Crippen LogP contribution in [0.25, 0.3) is 11.1 Å². The summed E-state index contributed by atoms with van der Waals surface area (Å²) in [4.78, 5) is 10.5. The first-order valence-corrected chi connectivity index (χ1v) is 17.0. The van der Waals surface area contributed by atoms with Crippen LogP contribution in [-0.2, 0) is 29.2 Å². The highest BCUT2D eigenvalue weighted by Crippen LogP contribution is 2.45. The van der Waals surface area contributed by atoms with E-state index in [1.165, 1.54) is 32.7 Å². The number of rotatable bonds is 10. The van der Waals surface area contributed by atoms with Crippen molar-refractivity contribution in [2.75, 3.05) is 37.5 Å². The molecule has 0 amide bonds. The first-order valence-electron chi connectivity index (χ1n) is 15.5. The van der Waals surface area contributed by atoms with Crippen molar-refractivity contribution < 1.29 is 31.1 Å². The quantitative estimate of drug-likeness (QED) is 0.149. The highest BCUT2D eigenvalue weighted by Gasteiger charge is 2.35. The Hall–Kier alpha value is -5.10. The molecule has 0 spiro atoms. The van der Waals surface area contributed by atoms with Gasteiger partial charge in [0.05, 0.1) is 31.2 Å². The number of ether oxygens (including phenoxy) is 2. The minimum absolute atomic E-state index is 0.00609. The summed E-state index contributed by atoms with van der Waals surface area (Å²) in [6, 6.07) is 23.0. The third kappa shape index (κ3) is 6.78. The van der Waals surface area contributed by atoms with Gasteiger partial charge in [0.1, 0.15) is 11.5 Å². The Balaban J connectivity index is 1.39. The molecule has 4 aromatic carbocycles. The number of anilines is 2. The topological polar surface area (TPSA) is 84.9 Å². The molecule has 1 heterocycles. The summed E-state index contributed by atoms with van der Waals surface area (Å²) in [5, 5.41) is 0. The molecule has 0 bridgehead atoms. The number of aryl methyl sites for hydroxylation is 1. The van der Waals surface area contributed by atoms with Gasteiger partial charge in [0.2, 0.25) is 5.95 Å². The highest BCUT2D eigenvalue weighted by atomic mass is 32.2. The van der Waals surface area contributed by atoms with E-state index in [1.54, 1.807) is 48.5 Å². The molecule has 1 atom stereocenters. The van der Waals surface area contributed by atoms with Crippen molar-refractivity contribution in [3.63, 3.8) is 0 Å². The number of aromatic nitrogens is 2. The van der Waals surface area contributed by atoms with E-state index in [1.807, 2.05) is 43.3 Å². The van der Waals surface area contributed by atoms with E-state index in [2.05, 4.69) is 9.97 Å². The zero-order chi connectivity index (χ0) is 34.9. The maximum atomic E-state index is 14.3. The lowest BCUT2D eigenvalue weighted by atomic mass is 9.86. The molecule has 254 valence electrons. The summed E-state index contributed by atoms with van der Waals surface area (Å²) in [7, 11) is 2.63. The van der Waals surface area contributed by atoms with Gasteiger partial charge in [-0.05, 0) is 95.3 Å². The van der Waals surface area contributed by atoms with E-state index >= 15 is 0 Å². The van der Waals surface area contributed by atoms with Gasteiger partial charge in [0, 0.05) is 49.7 Å². The number of fused-ring (bicyclic) bond motifs is 1. The van der Waals surface area contributed by atoms with Crippen molar-refractivity contribution in [1.29, 1.82) is 0 Å². The summed E-state index contributed by atoms with van der Waals surface area (Å²) in [5.41, 5.74) is 4.40. The molecule has 5 aromatic rings. The molecule has 0 saturated heterocycles. The second kappa shape index (κ2) is 13.4. The molecule has 8 nitrogen and oxygen atoms in total. The molecule has 1 aliphatic carbocycles. The van der Waals surface area contributed by atoms with Crippen LogP contribution in [0.4, 0.5) is 24.8 Å². The fourth-order valence-corrected chi connectivity index (χ4v) is 7.65. The van der Waals surface area contributed by atoms with Gasteiger partial charge in [0.25, 0.3) is 10.0 Å². The molecular weight excluding hydrogens is 653 g/mol. The number of hydrogen-bond donors (Lipinski definition) is 0. The molecule has 12 heteroatoms. The third-order valence-corrected chi connectivity index (χ3v) is 10.5. The second-order valence-electron chi connectivity index (χ2n) is 11.9. The van der Waals surface area contributed by atoms with E-state index in [-0.39, 0.29) is 23.3 Å². The van der Waals surface area contributed by atoms with Crippen LogP contribution in [0.5, 0.6) is 11.5 Å². The number of methoxy groups -OCH3 is 2. The van der Waals surface area contributed by atoms with Crippen molar-refractivity contribution in [2.24, 2.45) is 0 Å². The summed E-state index contributed by atoms with van der Waals surface area (Å²) in [6.07, 6.45) is -0.394. The minimum atomic E-state index is -4.50. The average Bonchev–Trinajstić information content (AvgIpc) is 3.53. The van der Waals surface area contributed by atoms with Gasteiger partial charge < -0.3 is 14.4 Å². The van der Waals surface area contributed by atoms with Crippen LogP contribution in [0.2, 0.25) is 0 Å². The maximum Gasteiger partial charge on any atom is 0.416 e. The van der Waals surface area contributed by atoms with Gasteiger partial charge in [-0.1, -0.05) is 24.3 Å². The highest BCUT2D eigenvalue weighted by molar-refractivity contribution is 7.92. The molecule has 0 fully saturated rings. The van der Waals surface area contributed by atoms with Crippen LogP contribution in [0.15, 0.2) is 102 Å². The minimum Gasteiger partial charge on any atom is -0.497 e. The molecule has 0 N–H and O–H groups in total. The average molecular weight is 689 g/mol. The van der Waals surface area contributed by atoms with E-state index in [0.29, 0.717) is 41.0 Å². The molecular formula is C37H35F3N4O4S. The smallest absolute Gasteiger partial charge is 0.416 e. The Morgan fingerprint density at radius 1 is 0.857 bits per heavy atom. The molecule has 6 rings (SSSR count). The number of sulfonamides is 1. The molecule has 0 unspecified atom stereocenters. The van der Waals surface area contributed by atoms with E-state index in [4.69, 9.17) is 9.47 Å². The predicted molar refractivity (Wildman–Crippen MR) is 183 cm³/mol. The van der Waals surface area contributed by atoms with Crippen LogP contribution in [0.3, 0.4) is 0 Å². The van der Waals surface area contributed by atoms with Crippen molar-refractivity contribution in [1.82, 2.24) is 9.97 Å². The van der Waals surface area contributed by atoms with Crippen LogP contribution in [0.1, 0.15) is 40.2 Å². The monoisotopic (exact) mass is 688 g/mol. The Morgan fingerprint density at radius 3 is 2.22 bits per heavy atom. The van der Waals surface area contributed by atoms with E-state index in [0.717, 1.165) is 32.7 Å². The van der Waals surface area contributed by atoms with Crippen molar-refractivity contribution in [3.8, 4) is 22.6 Å². The van der Waals surface area contributed by atoms with Crippen LogP contribution in [-0.4, -0.2) is 46.7 Å². The lowest BCUT2D eigenvalue weighted by Gasteiger charge is -2.24. The lowest BCUT2D eigenvalue weighted by Crippen LogP contribution is -2.32. The summed E-state index contributed by atoms with van der Waals surface area (Å²) >= 11 is 0. The van der Waals surface area contributed by atoms with Crippen LogP contribution in [0, 0.1) is 0 Å². The summed E-state index contributed by atoms with van der Waals surface area (Å²) in [5.74, 6) is 0.764. The standard InChI is InChI=1S/C37H35F3N4O4S/c1-43(2)28-11-6-24(7-12-28)34-21-27(37(38,39)40)10-16-33(34)32-15-9-25-20-30(14-17-31(25)32)49(45,46)44(36-41-18-5-19-42-36)23-26-8-13-29(47-3)22-35(26)48-4/h5-8,10-14,16-22,32H,9,15,23H2,1-4H3/t32-/m0/s1. The van der Waals surface area contributed by atoms with E-state index in [9.17, 15) is 21.6 Å². The molecule has 0 radical (unpaired) electrons. The van der Waals surface area contributed by atoms with Crippen molar-refractivity contribution >= 4 is 21.7 Å². The number of hydrogen-bond acceptors (Lipinski definition) is 7. The van der Waals surface area contributed by atoms with Gasteiger partial charge in [0.15, 0.2) is 0 Å². The second-order valence-corrected chi connectivity index (χ2v) is 13.8. The van der Waals surface area contributed by atoms with Crippen LogP contribution < -0.4 is 18.7 Å². The zero-order valence-electron chi connectivity index (χ0n) is 27.4. The third-order valence-electron chi connectivity index (χ3n) is 8.81. The predicted octanol–water partition coefficient (Wildman–Crippen LogP) is 7.72. The molecule has 0 saturated carbocycles. The van der Waals surface area contributed by atoms with Crippen LogP contribution >= 0.6 is 0 Å². The lowest BCUT2D eigenvalue weighted by molar-refractivity contribution is -0.137. The van der Waals surface area contributed by atoms with Crippen molar-refractivity contribution in [2.45, 2.75) is 36.4 Å². The van der Waals surface area contributed by atoms with Gasteiger partial charge in [-0.3, -0.25) is 0 Å². The SMILES string of the molecule is COc1ccc(CN(c2ncccn2)S(=O)(=O)c2ccc3c(c2)CC[C@@H]3c2ccc(C(F)(F)F)cc2-c2ccc(N(C)C)cc2)c(OC)c1. The Kier molecular flexibility index (Phi) is 9.26. The van der Waals surface area contributed by atoms with Gasteiger partial charge >= 0.3 is 6.18 Å². The number of alkyl halides is 3. The maximum absolute atomic E-state index is 14.3. The zero-order valence-corrected chi connectivity index (χ0v) is 28.2. The molecule has 1 aromatic heterocycles. The Labute approximate surface area is 283 Å².